The van der Waals surface area contributed by atoms with Crippen molar-refractivity contribution in [3.63, 3.8) is 0 Å². The molecule has 0 saturated heterocycles. The van der Waals surface area contributed by atoms with Crippen molar-refractivity contribution in [2.24, 2.45) is 4.99 Å². The Bertz CT molecular complexity index is 981. The first-order valence-electron chi connectivity index (χ1n) is 8.09. The fraction of sp³-hybridized carbons (Fsp3) is 0.0952. The lowest BCUT2D eigenvalue weighted by molar-refractivity contribution is 0.306. The molecule has 138 valence electrons. The van der Waals surface area contributed by atoms with Gasteiger partial charge in [-0.1, -0.05) is 53.0 Å². The molecule has 0 atom stereocenters. The highest BCUT2D eigenvalue weighted by atomic mass is 35.5. The van der Waals surface area contributed by atoms with E-state index < -0.39 is 0 Å². The summed E-state index contributed by atoms with van der Waals surface area (Å²) in [5, 5.41) is 1.35. The van der Waals surface area contributed by atoms with Crippen LogP contribution in [0.3, 0.4) is 0 Å². The average molecular weight is 423 g/mol. The molecule has 6 heteroatoms. The first-order chi connectivity index (χ1) is 12.9. The molecular weight excluding hydrogens is 408 g/mol. The number of aliphatic imine (C=N–C) groups is 1. The largest absolute Gasteiger partial charge is 0.486 e. The van der Waals surface area contributed by atoms with Gasteiger partial charge in [0.05, 0.1) is 15.7 Å². The zero-order chi connectivity index (χ0) is 19.4. The molecule has 0 aliphatic rings. The van der Waals surface area contributed by atoms with Crippen molar-refractivity contribution < 1.29 is 9.13 Å². The van der Waals surface area contributed by atoms with Crippen molar-refractivity contribution in [2.45, 2.75) is 13.5 Å². The van der Waals surface area contributed by atoms with E-state index in [-0.39, 0.29) is 12.4 Å². The Morgan fingerprint density at radius 3 is 2.37 bits per heavy atom. The summed E-state index contributed by atoms with van der Waals surface area (Å²) >= 11 is 18.7. The molecule has 0 aliphatic carbocycles. The maximum Gasteiger partial charge on any atom is 0.157 e. The Morgan fingerprint density at radius 1 is 0.963 bits per heavy atom. The van der Waals surface area contributed by atoms with Crippen molar-refractivity contribution in [3.05, 3.63) is 92.2 Å². The number of ether oxygens (including phenoxy) is 1. The summed E-state index contributed by atoms with van der Waals surface area (Å²) in [4.78, 5) is 4.44. The Kier molecular flexibility index (Phi) is 6.38. The van der Waals surface area contributed by atoms with Gasteiger partial charge in [-0.15, -0.1) is 0 Å². The Morgan fingerprint density at radius 2 is 1.67 bits per heavy atom. The van der Waals surface area contributed by atoms with Crippen LogP contribution >= 0.6 is 34.8 Å². The lowest BCUT2D eigenvalue weighted by atomic mass is 10.2. The molecule has 0 unspecified atom stereocenters. The second-order valence-corrected chi connectivity index (χ2v) is 7.10. The van der Waals surface area contributed by atoms with E-state index >= 15 is 0 Å². The highest BCUT2D eigenvalue weighted by Crippen LogP contribution is 2.35. The molecule has 0 amide bonds. The summed E-state index contributed by atoms with van der Waals surface area (Å²) in [5.74, 6) is 0.0230. The third-order valence-corrected chi connectivity index (χ3v) is 4.86. The van der Waals surface area contributed by atoms with Crippen LogP contribution in [0.15, 0.2) is 59.6 Å². The van der Waals surface area contributed by atoms with Gasteiger partial charge >= 0.3 is 0 Å². The van der Waals surface area contributed by atoms with Gasteiger partial charge in [0, 0.05) is 11.2 Å². The van der Waals surface area contributed by atoms with Crippen LogP contribution in [-0.2, 0) is 6.61 Å². The summed E-state index contributed by atoms with van der Waals surface area (Å²) in [6.07, 6.45) is 1.66. The third-order valence-electron chi connectivity index (χ3n) is 3.88. The number of halogens is 4. The molecular formula is C21H15Cl3FNO. The maximum atomic E-state index is 13.3. The van der Waals surface area contributed by atoms with Gasteiger partial charge in [0.2, 0.25) is 0 Å². The summed E-state index contributed by atoms with van der Waals surface area (Å²) in [6.45, 7) is 2.06. The molecule has 3 rings (SSSR count). The maximum absolute atomic E-state index is 13.3. The smallest absolute Gasteiger partial charge is 0.157 e. The van der Waals surface area contributed by atoms with Crippen molar-refractivity contribution in [1.29, 1.82) is 0 Å². The fourth-order valence-electron chi connectivity index (χ4n) is 2.45. The highest BCUT2D eigenvalue weighted by molar-refractivity contribution is 6.37. The predicted octanol–water partition coefficient (Wildman–Crippen LogP) is 7.42. The number of hydrogen-bond donors (Lipinski definition) is 0. The van der Waals surface area contributed by atoms with E-state index in [0.717, 1.165) is 16.8 Å². The van der Waals surface area contributed by atoms with E-state index in [9.17, 15) is 4.39 Å². The first kappa shape index (κ1) is 19.7. The number of rotatable bonds is 5. The predicted molar refractivity (Wildman–Crippen MR) is 111 cm³/mol. The van der Waals surface area contributed by atoms with Crippen LogP contribution in [-0.4, -0.2) is 6.21 Å². The van der Waals surface area contributed by atoms with Crippen LogP contribution in [0.4, 0.5) is 10.1 Å². The SMILES string of the molecule is Cc1c(Cl)cccc1N=Cc1cc(Cl)c(OCc2cccc(F)c2)c(Cl)c1. The van der Waals surface area contributed by atoms with Crippen molar-refractivity contribution >= 4 is 46.7 Å². The van der Waals surface area contributed by atoms with Gasteiger partial charge in [0.25, 0.3) is 0 Å². The van der Waals surface area contributed by atoms with Crippen LogP contribution in [0.2, 0.25) is 15.1 Å². The molecule has 3 aromatic carbocycles. The molecule has 27 heavy (non-hydrogen) atoms. The van der Waals surface area contributed by atoms with Gasteiger partial charge in [-0.25, -0.2) is 4.39 Å². The van der Waals surface area contributed by atoms with E-state index in [2.05, 4.69) is 4.99 Å². The standard InChI is InChI=1S/C21H15Cl3FNO/c1-13-17(22)6-3-7-20(13)26-11-15-9-18(23)21(19(24)10-15)27-12-14-4-2-5-16(25)8-14/h2-11H,12H2,1H3. The van der Waals surface area contributed by atoms with E-state index in [1.54, 1.807) is 30.5 Å². The second-order valence-electron chi connectivity index (χ2n) is 5.87. The minimum Gasteiger partial charge on any atom is -0.486 e. The molecule has 0 fully saturated rings. The topological polar surface area (TPSA) is 21.6 Å². The average Bonchev–Trinajstić information content (AvgIpc) is 2.62. The van der Waals surface area contributed by atoms with Gasteiger partial charge in [0.1, 0.15) is 12.4 Å². The van der Waals surface area contributed by atoms with E-state index in [0.29, 0.717) is 26.4 Å². The van der Waals surface area contributed by atoms with E-state index in [4.69, 9.17) is 39.5 Å². The monoisotopic (exact) mass is 421 g/mol. The van der Waals surface area contributed by atoms with Crippen molar-refractivity contribution in [1.82, 2.24) is 0 Å². The zero-order valence-electron chi connectivity index (χ0n) is 14.3. The quantitative estimate of drug-likeness (QED) is 0.392. The lowest BCUT2D eigenvalue weighted by Gasteiger charge is -2.11. The normalized spacial score (nSPS) is 11.1. The molecule has 0 saturated carbocycles. The molecule has 0 N–H and O–H groups in total. The van der Waals surface area contributed by atoms with Gasteiger partial charge in [0.15, 0.2) is 5.75 Å². The van der Waals surface area contributed by atoms with Crippen LogP contribution in [0, 0.1) is 12.7 Å². The van der Waals surface area contributed by atoms with E-state index in [1.807, 2.05) is 25.1 Å². The summed E-state index contributed by atoms with van der Waals surface area (Å²) in [6, 6.07) is 15.1. The molecule has 0 bridgehead atoms. The van der Waals surface area contributed by atoms with Crippen LogP contribution in [0.1, 0.15) is 16.7 Å². The molecule has 0 radical (unpaired) electrons. The lowest BCUT2D eigenvalue weighted by Crippen LogP contribution is -1.98. The number of benzene rings is 3. The van der Waals surface area contributed by atoms with Gasteiger partial charge in [-0.05, 0) is 60.0 Å². The summed E-state index contributed by atoms with van der Waals surface area (Å²) in [7, 11) is 0. The minimum atomic E-state index is -0.323. The fourth-order valence-corrected chi connectivity index (χ4v) is 3.24. The third kappa shape index (κ3) is 5.01. The molecule has 0 aliphatic heterocycles. The highest BCUT2D eigenvalue weighted by Gasteiger charge is 2.10. The van der Waals surface area contributed by atoms with E-state index in [1.165, 1.54) is 12.1 Å². The molecule has 0 heterocycles. The van der Waals surface area contributed by atoms with Gasteiger partial charge < -0.3 is 4.74 Å². The number of hydrogen-bond acceptors (Lipinski definition) is 2. The van der Waals surface area contributed by atoms with Crippen LogP contribution < -0.4 is 4.74 Å². The van der Waals surface area contributed by atoms with Crippen molar-refractivity contribution in [3.8, 4) is 5.75 Å². The Hall–Kier alpha value is -2.07. The molecule has 2 nitrogen and oxygen atoms in total. The number of nitrogens with zero attached hydrogens (tertiary/aromatic N) is 1. The van der Waals surface area contributed by atoms with Crippen LogP contribution in [0.25, 0.3) is 0 Å². The Labute approximate surface area is 172 Å². The first-order valence-corrected chi connectivity index (χ1v) is 9.23. The zero-order valence-corrected chi connectivity index (χ0v) is 16.6. The van der Waals surface area contributed by atoms with Gasteiger partial charge in [-0.3, -0.25) is 4.99 Å². The second kappa shape index (κ2) is 8.75. The van der Waals surface area contributed by atoms with Crippen LogP contribution in [0.5, 0.6) is 5.75 Å². The Balaban J connectivity index is 1.78. The molecule has 3 aromatic rings. The van der Waals surface area contributed by atoms with Crippen molar-refractivity contribution in [2.75, 3.05) is 0 Å². The summed E-state index contributed by atoms with van der Waals surface area (Å²) in [5.41, 5.74) is 3.07. The summed E-state index contributed by atoms with van der Waals surface area (Å²) < 4.78 is 18.9. The molecule has 0 aromatic heterocycles. The molecule has 0 spiro atoms. The van der Waals surface area contributed by atoms with Gasteiger partial charge in [-0.2, -0.15) is 0 Å². The minimum absolute atomic E-state index is 0.159.